The van der Waals surface area contributed by atoms with Crippen LogP contribution in [0.2, 0.25) is 0 Å². The highest BCUT2D eigenvalue weighted by Gasteiger charge is 2.25. The van der Waals surface area contributed by atoms with Gasteiger partial charge in [-0.3, -0.25) is 14.9 Å². The molecule has 0 saturated carbocycles. The Bertz CT molecular complexity index is 554. The molecular weight excluding hydrogens is 266 g/mol. The maximum absolute atomic E-state index is 11.5. The van der Waals surface area contributed by atoms with Crippen LogP contribution in [0.25, 0.3) is 6.08 Å². The van der Waals surface area contributed by atoms with Gasteiger partial charge in [0.2, 0.25) is 0 Å². The maximum atomic E-state index is 11.5. The molecule has 1 aromatic rings. The summed E-state index contributed by atoms with van der Waals surface area (Å²) in [6, 6.07) is 5.38. The molecule has 1 aliphatic heterocycles. The van der Waals surface area contributed by atoms with Crippen LogP contribution in [-0.2, 0) is 4.79 Å². The van der Waals surface area contributed by atoms with Crippen LogP contribution in [0.15, 0.2) is 23.1 Å². The Morgan fingerprint density at radius 3 is 2.74 bits per heavy atom. The smallest absolute Gasteiger partial charge is 0.290 e. The van der Waals surface area contributed by atoms with Crippen molar-refractivity contribution in [2.75, 3.05) is 13.7 Å². The third kappa shape index (κ3) is 2.90. The topological polar surface area (TPSA) is 64.6 Å². The molecule has 6 heteroatoms. The summed E-state index contributed by atoms with van der Waals surface area (Å²) < 4.78 is 10.8. The van der Waals surface area contributed by atoms with Crippen molar-refractivity contribution in [1.29, 1.82) is 0 Å². The van der Waals surface area contributed by atoms with Crippen LogP contribution in [0, 0.1) is 0 Å². The number of rotatable bonds is 4. The SMILES string of the molecule is CCOc1c(/C=C2/SC(=O)NC2=O)cccc1OC. The van der Waals surface area contributed by atoms with Gasteiger partial charge < -0.3 is 9.47 Å². The predicted molar refractivity (Wildman–Crippen MR) is 73.3 cm³/mol. The van der Waals surface area contributed by atoms with E-state index in [2.05, 4.69) is 5.32 Å². The molecule has 100 valence electrons. The molecule has 0 aliphatic carbocycles. The summed E-state index contributed by atoms with van der Waals surface area (Å²) in [5.41, 5.74) is 0.702. The quantitative estimate of drug-likeness (QED) is 0.857. The molecule has 1 aliphatic rings. The molecule has 19 heavy (non-hydrogen) atoms. The number of para-hydroxylation sites is 1. The predicted octanol–water partition coefficient (Wildman–Crippen LogP) is 2.42. The fourth-order valence-corrected chi connectivity index (χ4v) is 2.34. The van der Waals surface area contributed by atoms with Crippen LogP contribution in [0.5, 0.6) is 11.5 Å². The van der Waals surface area contributed by atoms with E-state index in [1.54, 1.807) is 31.4 Å². The summed E-state index contributed by atoms with van der Waals surface area (Å²) in [6.45, 7) is 2.35. The average Bonchev–Trinajstić information content (AvgIpc) is 2.70. The molecular formula is C13H13NO4S. The number of benzene rings is 1. The van der Waals surface area contributed by atoms with Crippen molar-refractivity contribution in [3.8, 4) is 11.5 Å². The fourth-order valence-electron chi connectivity index (χ4n) is 1.67. The van der Waals surface area contributed by atoms with Crippen molar-refractivity contribution in [3.05, 3.63) is 28.7 Å². The first-order valence-corrected chi connectivity index (χ1v) is 6.52. The third-order valence-corrected chi connectivity index (χ3v) is 3.26. The number of amides is 2. The van der Waals surface area contributed by atoms with Crippen LogP contribution in [0.3, 0.4) is 0 Å². The molecule has 2 rings (SSSR count). The minimum Gasteiger partial charge on any atom is -0.493 e. The first kappa shape index (κ1) is 13.5. The van der Waals surface area contributed by atoms with Crippen molar-refractivity contribution in [3.63, 3.8) is 0 Å². The zero-order chi connectivity index (χ0) is 13.8. The number of thioether (sulfide) groups is 1. The zero-order valence-corrected chi connectivity index (χ0v) is 11.4. The lowest BCUT2D eigenvalue weighted by atomic mass is 10.1. The molecule has 1 N–H and O–H groups in total. The Morgan fingerprint density at radius 1 is 1.37 bits per heavy atom. The molecule has 0 radical (unpaired) electrons. The molecule has 0 spiro atoms. The van der Waals surface area contributed by atoms with Crippen molar-refractivity contribution < 1.29 is 19.1 Å². The third-order valence-electron chi connectivity index (χ3n) is 2.45. The number of methoxy groups -OCH3 is 1. The van der Waals surface area contributed by atoms with E-state index in [0.717, 1.165) is 11.8 Å². The molecule has 0 aromatic heterocycles. The van der Waals surface area contributed by atoms with E-state index in [9.17, 15) is 9.59 Å². The minimum atomic E-state index is -0.389. The van der Waals surface area contributed by atoms with Crippen LogP contribution >= 0.6 is 11.8 Å². The first-order chi connectivity index (χ1) is 9.15. The Balaban J connectivity index is 2.42. The lowest BCUT2D eigenvalue weighted by Crippen LogP contribution is -2.17. The molecule has 1 saturated heterocycles. The molecule has 5 nitrogen and oxygen atoms in total. The summed E-state index contributed by atoms with van der Waals surface area (Å²) in [5.74, 6) is 0.763. The number of imide groups is 1. The lowest BCUT2D eigenvalue weighted by molar-refractivity contribution is -0.115. The van der Waals surface area contributed by atoms with E-state index in [-0.39, 0.29) is 11.1 Å². The van der Waals surface area contributed by atoms with Crippen molar-refractivity contribution in [2.45, 2.75) is 6.92 Å². The molecule has 0 bridgehead atoms. The second-order valence-corrected chi connectivity index (χ2v) is 4.68. The van der Waals surface area contributed by atoms with Gasteiger partial charge in [0, 0.05) is 5.56 Å². The van der Waals surface area contributed by atoms with Crippen molar-refractivity contribution >= 4 is 29.0 Å². The summed E-state index contributed by atoms with van der Waals surface area (Å²) in [4.78, 5) is 23.0. The van der Waals surface area contributed by atoms with Gasteiger partial charge in [-0.05, 0) is 30.8 Å². The standard InChI is InChI=1S/C13H13NO4S/c1-3-18-11-8(5-4-6-9(11)17-2)7-10-12(15)14-13(16)19-10/h4-7H,3H2,1-2H3,(H,14,15,16)/b10-7+. The fraction of sp³-hybridized carbons (Fsp3) is 0.231. The van der Waals surface area contributed by atoms with E-state index in [4.69, 9.17) is 9.47 Å². The van der Waals surface area contributed by atoms with Gasteiger partial charge in [0.1, 0.15) is 0 Å². The van der Waals surface area contributed by atoms with Gasteiger partial charge >= 0.3 is 0 Å². The summed E-state index contributed by atoms with van der Waals surface area (Å²) in [7, 11) is 1.55. The zero-order valence-electron chi connectivity index (χ0n) is 10.6. The van der Waals surface area contributed by atoms with Gasteiger partial charge in [-0.1, -0.05) is 12.1 Å². The Hall–Kier alpha value is -1.95. The second kappa shape index (κ2) is 5.79. The van der Waals surface area contributed by atoms with E-state index in [0.29, 0.717) is 28.6 Å². The van der Waals surface area contributed by atoms with Gasteiger partial charge in [-0.25, -0.2) is 0 Å². The number of ether oxygens (including phenoxy) is 2. The van der Waals surface area contributed by atoms with E-state index in [1.807, 2.05) is 6.92 Å². The van der Waals surface area contributed by atoms with Gasteiger partial charge in [0.05, 0.1) is 18.6 Å². The number of nitrogens with one attached hydrogen (secondary N) is 1. The van der Waals surface area contributed by atoms with E-state index in [1.165, 1.54) is 0 Å². The molecule has 2 amide bonds. The van der Waals surface area contributed by atoms with Crippen molar-refractivity contribution in [2.24, 2.45) is 0 Å². The molecule has 1 heterocycles. The minimum absolute atomic E-state index is 0.346. The molecule has 0 atom stereocenters. The number of hydrogen-bond acceptors (Lipinski definition) is 5. The van der Waals surface area contributed by atoms with E-state index >= 15 is 0 Å². The first-order valence-electron chi connectivity index (χ1n) is 5.70. The van der Waals surface area contributed by atoms with Crippen molar-refractivity contribution in [1.82, 2.24) is 5.32 Å². The monoisotopic (exact) mass is 279 g/mol. The number of carbonyl (C=O) groups is 2. The van der Waals surface area contributed by atoms with E-state index < -0.39 is 0 Å². The summed E-state index contributed by atoms with van der Waals surface area (Å²) >= 11 is 0.874. The highest BCUT2D eigenvalue weighted by molar-refractivity contribution is 8.18. The van der Waals surface area contributed by atoms with Gasteiger partial charge in [0.15, 0.2) is 11.5 Å². The highest BCUT2D eigenvalue weighted by atomic mass is 32.2. The largest absolute Gasteiger partial charge is 0.493 e. The van der Waals surface area contributed by atoms with Crippen LogP contribution < -0.4 is 14.8 Å². The van der Waals surface area contributed by atoms with Gasteiger partial charge in [-0.15, -0.1) is 0 Å². The van der Waals surface area contributed by atoms with Gasteiger partial charge in [-0.2, -0.15) is 0 Å². The number of hydrogen-bond donors (Lipinski definition) is 1. The van der Waals surface area contributed by atoms with Crippen LogP contribution in [-0.4, -0.2) is 24.9 Å². The number of carbonyl (C=O) groups excluding carboxylic acids is 2. The lowest BCUT2D eigenvalue weighted by Gasteiger charge is -2.12. The van der Waals surface area contributed by atoms with Crippen LogP contribution in [0.4, 0.5) is 4.79 Å². The van der Waals surface area contributed by atoms with Gasteiger partial charge in [0.25, 0.3) is 11.1 Å². The van der Waals surface area contributed by atoms with Crippen LogP contribution in [0.1, 0.15) is 12.5 Å². The molecule has 1 aromatic carbocycles. The average molecular weight is 279 g/mol. The summed E-state index contributed by atoms with van der Waals surface area (Å²) in [6.07, 6.45) is 1.62. The Morgan fingerprint density at radius 2 is 2.16 bits per heavy atom. The normalized spacial score (nSPS) is 16.6. The second-order valence-electron chi connectivity index (χ2n) is 3.66. The molecule has 0 unspecified atom stereocenters. The molecule has 1 fully saturated rings. The highest BCUT2D eigenvalue weighted by Crippen LogP contribution is 2.35. The Labute approximate surface area is 115 Å². The maximum Gasteiger partial charge on any atom is 0.290 e. The Kier molecular flexibility index (Phi) is 4.11. The summed E-state index contributed by atoms with van der Waals surface area (Å²) in [5, 5.41) is 1.85.